The van der Waals surface area contributed by atoms with E-state index >= 15 is 0 Å². The lowest BCUT2D eigenvalue weighted by Crippen LogP contribution is -2.39. The predicted octanol–water partition coefficient (Wildman–Crippen LogP) is 4.51. The van der Waals surface area contributed by atoms with E-state index in [1.807, 2.05) is 52.0 Å². The summed E-state index contributed by atoms with van der Waals surface area (Å²) < 4.78 is 0. The zero-order chi connectivity index (χ0) is 22.5. The topological polar surface area (TPSA) is 61.4 Å². The highest BCUT2D eigenvalue weighted by molar-refractivity contribution is 5.94. The average molecular weight is 418 g/mol. The normalized spacial score (nSPS) is 12.1. The van der Waals surface area contributed by atoms with Crippen LogP contribution in [-0.2, 0) is 9.59 Å². The Kier molecular flexibility index (Phi) is 7.08. The maximum atomic E-state index is 12.6. The van der Waals surface area contributed by atoms with Crippen molar-refractivity contribution in [2.24, 2.45) is 0 Å². The second-order valence-electron chi connectivity index (χ2n) is 8.35. The number of rotatable bonds is 7. The third-order valence-electron chi connectivity index (χ3n) is 5.44. The van der Waals surface area contributed by atoms with E-state index in [4.69, 9.17) is 0 Å². The van der Waals surface area contributed by atoms with Crippen LogP contribution in [0.2, 0.25) is 0 Å². The molecule has 0 saturated carbocycles. The standard InChI is InChI=1S/C26H31N3O2/c1-17-13-18(2)26(19(3)14-17)28-25(31)16-29(5)15-24(30)27-20(4)22-12-8-10-21-9-6-7-11-23(21)22/h6-14,20H,15-16H2,1-5H3,(H,27,30)(H,28,31)/t20-/m0/s1. The highest BCUT2D eigenvalue weighted by Crippen LogP contribution is 2.24. The van der Waals surface area contributed by atoms with Gasteiger partial charge in [-0.1, -0.05) is 60.2 Å². The lowest BCUT2D eigenvalue weighted by atomic mass is 10.00. The van der Waals surface area contributed by atoms with Crippen molar-refractivity contribution in [1.82, 2.24) is 10.2 Å². The summed E-state index contributed by atoms with van der Waals surface area (Å²) in [6, 6.07) is 18.2. The minimum Gasteiger partial charge on any atom is -0.348 e. The molecule has 0 aliphatic heterocycles. The highest BCUT2D eigenvalue weighted by atomic mass is 16.2. The van der Waals surface area contributed by atoms with Crippen LogP contribution in [0.15, 0.2) is 54.6 Å². The van der Waals surface area contributed by atoms with Gasteiger partial charge in [0.2, 0.25) is 11.8 Å². The summed E-state index contributed by atoms with van der Waals surface area (Å²) in [4.78, 5) is 26.8. The molecule has 2 amide bonds. The minimum absolute atomic E-state index is 0.113. The van der Waals surface area contributed by atoms with Crippen LogP contribution >= 0.6 is 0 Å². The van der Waals surface area contributed by atoms with Gasteiger partial charge in [-0.3, -0.25) is 14.5 Å². The van der Waals surface area contributed by atoms with Crippen LogP contribution in [0, 0.1) is 20.8 Å². The molecule has 0 aromatic heterocycles. The Balaban J connectivity index is 1.56. The molecule has 0 unspecified atom stereocenters. The van der Waals surface area contributed by atoms with Gasteiger partial charge in [0.25, 0.3) is 0 Å². The molecule has 3 aromatic rings. The Bertz CT molecular complexity index is 1080. The molecule has 0 saturated heterocycles. The van der Waals surface area contributed by atoms with Gasteiger partial charge in [-0.25, -0.2) is 0 Å². The van der Waals surface area contributed by atoms with Gasteiger partial charge in [0.15, 0.2) is 0 Å². The number of likely N-dealkylation sites (N-methyl/N-ethyl adjacent to an activating group) is 1. The third kappa shape index (κ3) is 5.70. The maximum Gasteiger partial charge on any atom is 0.238 e. The van der Waals surface area contributed by atoms with Gasteiger partial charge in [-0.05, 0) is 62.2 Å². The summed E-state index contributed by atoms with van der Waals surface area (Å²) in [6.07, 6.45) is 0. The molecule has 0 spiro atoms. The van der Waals surface area contributed by atoms with Crippen molar-refractivity contribution in [2.75, 3.05) is 25.5 Å². The minimum atomic E-state index is -0.132. The zero-order valence-electron chi connectivity index (χ0n) is 19.0. The molecule has 5 nitrogen and oxygen atoms in total. The Hall–Kier alpha value is -3.18. The fourth-order valence-electron chi connectivity index (χ4n) is 4.10. The van der Waals surface area contributed by atoms with Crippen molar-refractivity contribution in [3.63, 3.8) is 0 Å². The van der Waals surface area contributed by atoms with Crippen molar-refractivity contribution < 1.29 is 9.59 Å². The SMILES string of the molecule is Cc1cc(C)c(NC(=O)CN(C)CC(=O)N[C@@H](C)c2cccc3ccccc23)c(C)c1. The van der Waals surface area contributed by atoms with Crippen LogP contribution in [0.3, 0.4) is 0 Å². The van der Waals surface area contributed by atoms with Crippen molar-refractivity contribution in [3.05, 3.63) is 76.9 Å². The summed E-state index contributed by atoms with van der Waals surface area (Å²) in [5.74, 6) is -0.245. The summed E-state index contributed by atoms with van der Waals surface area (Å²) in [5.41, 5.74) is 5.17. The Labute approximate surface area is 184 Å². The zero-order valence-corrected chi connectivity index (χ0v) is 19.0. The second-order valence-corrected chi connectivity index (χ2v) is 8.35. The maximum absolute atomic E-state index is 12.6. The van der Waals surface area contributed by atoms with Gasteiger partial charge < -0.3 is 10.6 Å². The summed E-state index contributed by atoms with van der Waals surface area (Å²) in [5, 5.41) is 8.32. The molecular weight excluding hydrogens is 386 g/mol. The number of fused-ring (bicyclic) bond motifs is 1. The highest BCUT2D eigenvalue weighted by Gasteiger charge is 2.16. The van der Waals surface area contributed by atoms with E-state index in [1.54, 1.807) is 11.9 Å². The van der Waals surface area contributed by atoms with Crippen molar-refractivity contribution >= 4 is 28.3 Å². The van der Waals surface area contributed by atoms with Gasteiger partial charge in [0.1, 0.15) is 0 Å². The van der Waals surface area contributed by atoms with E-state index in [1.165, 1.54) is 5.56 Å². The average Bonchev–Trinajstić information content (AvgIpc) is 2.69. The molecule has 3 aromatic carbocycles. The van der Waals surface area contributed by atoms with E-state index in [0.29, 0.717) is 0 Å². The van der Waals surface area contributed by atoms with Crippen LogP contribution < -0.4 is 10.6 Å². The number of hydrogen-bond donors (Lipinski definition) is 2. The molecule has 0 fully saturated rings. The first-order valence-corrected chi connectivity index (χ1v) is 10.6. The number of carbonyl (C=O) groups is 2. The summed E-state index contributed by atoms with van der Waals surface area (Å²) in [6.45, 7) is 8.28. The molecular formula is C26H31N3O2. The van der Waals surface area contributed by atoms with Crippen molar-refractivity contribution in [1.29, 1.82) is 0 Å². The smallest absolute Gasteiger partial charge is 0.238 e. The van der Waals surface area contributed by atoms with E-state index in [0.717, 1.165) is 33.2 Å². The largest absolute Gasteiger partial charge is 0.348 e. The van der Waals surface area contributed by atoms with Crippen molar-refractivity contribution in [2.45, 2.75) is 33.7 Å². The van der Waals surface area contributed by atoms with E-state index in [9.17, 15) is 9.59 Å². The molecule has 31 heavy (non-hydrogen) atoms. The van der Waals surface area contributed by atoms with Crippen LogP contribution in [0.4, 0.5) is 5.69 Å². The van der Waals surface area contributed by atoms with Crippen LogP contribution in [-0.4, -0.2) is 36.9 Å². The van der Waals surface area contributed by atoms with Gasteiger partial charge in [-0.15, -0.1) is 0 Å². The molecule has 5 heteroatoms. The van der Waals surface area contributed by atoms with E-state index in [2.05, 4.69) is 41.0 Å². The molecule has 0 aliphatic rings. The molecule has 2 N–H and O–H groups in total. The first-order valence-electron chi connectivity index (χ1n) is 10.6. The van der Waals surface area contributed by atoms with E-state index in [-0.39, 0.29) is 30.9 Å². The lowest BCUT2D eigenvalue weighted by molar-refractivity contribution is -0.123. The molecule has 0 aliphatic carbocycles. The van der Waals surface area contributed by atoms with E-state index < -0.39 is 0 Å². The number of carbonyl (C=O) groups excluding carboxylic acids is 2. The number of nitrogens with one attached hydrogen (secondary N) is 2. The molecule has 0 heterocycles. The molecule has 3 rings (SSSR count). The Morgan fingerprint density at radius 3 is 2.23 bits per heavy atom. The number of aryl methyl sites for hydroxylation is 3. The number of benzene rings is 3. The number of anilines is 1. The fraction of sp³-hybridized carbons (Fsp3) is 0.308. The Morgan fingerprint density at radius 1 is 0.903 bits per heavy atom. The van der Waals surface area contributed by atoms with Gasteiger partial charge in [-0.2, -0.15) is 0 Å². The third-order valence-corrected chi connectivity index (χ3v) is 5.44. The summed E-state index contributed by atoms with van der Waals surface area (Å²) in [7, 11) is 1.77. The monoisotopic (exact) mass is 417 g/mol. The molecule has 1 atom stereocenters. The number of amides is 2. The lowest BCUT2D eigenvalue weighted by Gasteiger charge is -2.20. The van der Waals surface area contributed by atoms with Crippen molar-refractivity contribution in [3.8, 4) is 0 Å². The van der Waals surface area contributed by atoms with Crippen LogP contribution in [0.1, 0.15) is 35.2 Å². The quantitative estimate of drug-likeness (QED) is 0.594. The Morgan fingerprint density at radius 2 is 1.52 bits per heavy atom. The predicted molar refractivity (Wildman–Crippen MR) is 127 cm³/mol. The van der Waals surface area contributed by atoms with Crippen LogP contribution in [0.5, 0.6) is 0 Å². The number of nitrogens with zero attached hydrogens (tertiary/aromatic N) is 1. The molecule has 0 radical (unpaired) electrons. The molecule has 162 valence electrons. The summed E-state index contributed by atoms with van der Waals surface area (Å²) >= 11 is 0. The number of hydrogen-bond acceptors (Lipinski definition) is 3. The van der Waals surface area contributed by atoms with Gasteiger partial charge >= 0.3 is 0 Å². The fourth-order valence-corrected chi connectivity index (χ4v) is 4.10. The van der Waals surface area contributed by atoms with Gasteiger partial charge in [0, 0.05) is 5.69 Å². The van der Waals surface area contributed by atoms with Crippen LogP contribution in [0.25, 0.3) is 10.8 Å². The second kappa shape index (κ2) is 9.75. The molecule has 0 bridgehead atoms. The first-order chi connectivity index (χ1) is 14.7. The van der Waals surface area contributed by atoms with Gasteiger partial charge in [0.05, 0.1) is 19.1 Å². The first kappa shape index (κ1) is 22.5.